The maximum Gasteiger partial charge on any atom is 0.102 e. The van der Waals surface area contributed by atoms with Crippen molar-refractivity contribution in [3.63, 3.8) is 0 Å². The Hall–Kier alpha value is -1.83. The highest BCUT2D eigenvalue weighted by Gasteiger charge is 2.29. The highest BCUT2D eigenvalue weighted by atomic mass is 35.5. The topological polar surface area (TPSA) is 44.3 Å². The van der Waals surface area contributed by atoms with Crippen molar-refractivity contribution in [1.82, 2.24) is 19.8 Å². The van der Waals surface area contributed by atoms with Crippen LogP contribution in [0.4, 0.5) is 5.00 Å². The van der Waals surface area contributed by atoms with Crippen molar-refractivity contribution in [3.05, 3.63) is 75.5 Å². The molecule has 9 heteroatoms. The van der Waals surface area contributed by atoms with E-state index in [9.17, 15) is 0 Å². The SMILES string of the molecule is Cc1cc2c(s1)NC=c1cccnc1=C2N1CCN(C)C(CCc2ccccn2)C1.Cl.Cl.Cl. The summed E-state index contributed by atoms with van der Waals surface area (Å²) >= 11 is 1.81. The molecule has 1 N–H and O–H groups in total. The van der Waals surface area contributed by atoms with Gasteiger partial charge in [-0.2, -0.15) is 0 Å². The zero-order valence-corrected chi connectivity index (χ0v) is 22.0. The Morgan fingerprint density at radius 3 is 2.67 bits per heavy atom. The molecule has 0 saturated carbocycles. The van der Waals surface area contributed by atoms with Gasteiger partial charge in [0.2, 0.25) is 0 Å². The number of hydrogen-bond acceptors (Lipinski definition) is 6. The molecule has 0 spiro atoms. The van der Waals surface area contributed by atoms with Gasteiger partial charge in [-0.3, -0.25) is 14.9 Å². The Morgan fingerprint density at radius 1 is 1.06 bits per heavy atom. The minimum atomic E-state index is 0. The van der Waals surface area contributed by atoms with E-state index in [1.165, 1.54) is 26.8 Å². The van der Waals surface area contributed by atoms with Crippen molar-refractivity contribution in [3.8, 4) is 0 Å². The molecule has 0 aliphatic carbocycles. The number of hydrogen-bond donors (Lipinski definition) is 1. The third kappa shape index (κ3) is 5.81. The quantitative estimate of drug-likeness (QED) is 0.562. The van der Waals surface area contributed by atoms with Crippen molar-refractivity contribution < 1.29 is 0 Å². The largest absolute Gasteiger partial charge is 0.366 e. The second-order valence-corrected chi connectivity index (χ2v) is 9.37. The van der Waals surface area contributed by atoms with Gasteiger partial charge in [0, 0.05) is 65.6 Å². The monoisotopic (exact) mass is 525 g/mol. The van der Waals surface area contributed by atoms with Gasteiger partial charge in [0.25, 0.3) is 0 Å². The summed E-state index contributed by atoms with van der Waals surface area (Å²) in [5.74, 6) is 0. The molecular weight excluding hydrogens is 497 g/mol. The smallest absolute Gasteiger partial charge is 0.102 e. The van der Waals surface area contributed by atoms with Crippen LogP contribution in [-0.2, 0) is 6.42 Å². The van der Waals surface area contributed by atoms with Crippen LogP contribution >= 0.6 is 48.6 Å². The van der Waals surface area contributed by atoms with Gasteiger partial charge < -0.3 is 10.2 Å². The minimum Gasteiger partial charge on any atom is -0.366 e. The molecule has 178 valence electrons. The fourth-order valence-corrected chi connectivity index (χ4v) is 5.32. The summed E-state index contributed by atoms with van der Waals surface area (Å²) in [4.78, 5) is 15.7. The van der Waals surface area contributed by atoms with Crippen LogP contribution in [0.3, 0.4) is 0 Å². The molecule has 5 rings (SSSR count). The molecule has 3 aromatic rings. The van der Waals surface area contributed by atoms with Gasteiger partial charge >= 0.3 is 0 Å². The van der Waals surface area contributed by atoms with E-state index >= 15 is 0 Å². The molecule has 1 fully saturated rings. The van der Waals surface area contributed by atoms with Gasteiger partial charge in [-0.25, -0.2) is 0 Å². The molecule has 2 aliphatic rings. The van der Waals surface area contributed by atoms with Gasteiger partial charge in [0.15, 0.2) is 0 Å². The number of fused-ring (bicyclic) bond motifs is 2. The lowest BCUT2D eigenvalue weighted by atomic mass is 10.0. The first kappa shape index (κ1) is 27.4. The average Bonchev–Trinajstić information content (AvgIpc) is 3.07. The van der Waals surface area contributed by atoms with Crippen molar-refractivity contribution in [2.24, 2.45) is 0 Å². The van der Waals surface area contributed by atoms with Crippen LogP contribution in [0.25, 0.3) is 11.9 Å². The third-order valence-electron chi connectivity index (χ3n) is 6.09. The lowest BCUT2D eigenvalue weighted by molar-refractivity contribution is 0.127. The maximum atomic E-state index is 4.81. The number of pyridine rings is 2. The number of nitrogens with one attached hydrogen (secondary N) is 1. The molecule has 1 saturated heterocycles. The van der Waals surface area contributed by atoms with Gasteiger partial charge in [0.05, 0.1) is 11.0 Å². The minimum absolute atomic E-state index is 0. The summed E-state index contributed by atoms with van der Waals surface area (Å²) in [7, 11) is 2.25. The molecule has 2 aliphatic heterocycles. The van der Waals surface area contributed by atoms with Crippen LogP contribution in [0.2, 0.25) is 0 Å². The normalized spacial score (nSPS) is 17.1. The summed E-state index contributed by atoms with van der Waals surface area (Å²) in [6, 6.07) is 13.1. The Labute approximate surface area is 217 Å². The van der Waals surface area contributed by atoms with E-state index < -0.39 is 0 Å². The Kier molecular flexibility index (Phi) is 10.0. The summed E-state index contributed by atoms with van der Waals surface area (Å²) in [6.45, 7) is 5.24. The van der Waals surface area contributed by atoms with Gasteiger partial charge in [-0.05, 0) is 57.1 Å². The summed E-state index contributed by atoms with van der Waals surface area (Å²) in [5, 5.41) is 6.97. The number of likely N-dealkylation sites (N-methyl/N-ethyl adjacent to an activating group) is 1. The lowest BCUT2D eigenvalue weighted by Gasteiger charge is -2.41. The molecular formula is C24H30Cl3N5S. The summed E-state index contributed by atoms with van der Waals surface area (Å²) < 4.78 is 0. The second kappa shape index (κ2) is 12.0. The molecule has 0 bridgehead atoms. The van der Waals surface area contributed by atoms with Crippen LogP contribution in [0, 0.1) is 6.92 Å². The molecule has 1 atom stereocenters. The Bertz CT molecular complexity index is 1170. The number of anilines is 1. The first-order valence-electron chi connectivity index (χ1n) is 10.6. The number of halogens is 3. The van der Waals surface area contributed by atoms with Gasteiger partial charge in [0.1, 0.15) is 5.00 Å². The van der Waals surface area contributed by atoms with Crippen molar-refractivity contribution in [2.75, 3.05) is 32.0 Å². The maximum absolute atomic E-state index is 4.81. The average molecular weight is 527 g/mol. The molecule has 33 heavy (non-hydrogen) atoms. The Balaban J connectivity index is 0.00000128. The number of nitrogens with zero attached hydrogens (tertiary/aromatic N) is 4. The number of thiophene rings is 1. The number of piperazine rings is 1. The molecule has 5 nitrogen and oxygen atoms in total. The van der Waals surface area contributed by atoms with Crippen molar-refractivity contribution >= 4 is 65.5 Å². The van der Waals surface area contributed by atoms with Crippen LogP contribution in [0.5, 0.6) is 0 Å². The van der Waals surface area contributed by atoms with E-state index in [0.29, 0.717) is 6.04 Å². The van der Waals surface area contributed by atoms with Crippen LogP contribution in [0.15, 0.2) is 48.8 Å². The first-order valence-corrected chi connectivity index (χ1v) is 11.4. The lowest BCUT2D eigenvalue weighted by Crippen LogP contribution is -2.52. The van der Waals surface area contributed by atoms with Crippen LogP contribution in [0.1, 0.15) is 22.6 Å². The van der Waals surface area contributed by atoms with E-state index in [0.717, 1.165) is 43.0 Å². The predicted molar refractivity (Wildman–Crippen MR) is 145 cm³/mol. The van der Waals surface area contributed by atoms with Crippen LogP contribution in [-0.4, -0.2) is 52.5 Å². The zero-order chi connectivity index (χ0) is 20.5. The summed E-state index contributed by atoms with van der Waals surface area (Å²) in [5.41, 5.74) is 3.72. The standard InChI is InChI=1S/C24H27N5S.3ClH/c1-17-14-21-23(22-18(6-5-11-26-22)15-27-24(21)30-17)29-13-12-28(2)20(16-29)9-8-19-7-3-4-10-25-19;;;/h3-7,10-11,14-15,20,27H,8-9,12-13,16H2,1-2H3;3*1H. The van der Waals surface area contributed by atoms with Gasteiger partial charge in [-0.1, -0.05) is 6.07 Å². The molecule has 0 amide bonds. The van der Waals surface area contributed by atoms with E-state index in [4.69, 9.17) is 4.98 Å². The molecule has 3 aromatic heterocycles. The van der Waals surface area contributed by atoms with Crippen LogP contribution < -0.4 is 15.9 Å². The zero-order valence-electron chi connectivity index (χ0n) is 18.7. The molecule has 5 heterocycles. The first-order chi connectivity index (χ1) is 14.7. The fraction of sp³-hybridized carbons (Fsp3) is 0.333. The van der Waals surface area contributed by atoms with E-state index in [1.54, 1.807) is 0 Å². The Morgan fingerprint density at radius 2 is 1.88 bits per heavy atom. The summed E-state index contributed by atoms with van der Waals surface area (Å²) in [6.07, 6.45) is 8.00. The number of aromatic nitrogens is 2. The number of rotatable bonds is 4. The third-order valence-corrected chi connectivity index (χ3v) is 7.07. The molecule has 0 aromatic carbocycles. The van der Waals surface area contributed by atoms with E-state index in [2.05, 4.69) is 64.5 Å². The second-order valence-electron chi connectivity index (χ2n) is 8.12. The van der Waals surface area contributed by atoms with Crippen molar-refractivity contribution in [2.45, 2.75) is 25.8 Å². The van der Waals surface area contributed by atoms with Gasteiger partial charge in [-0.15, -0.1) is 48.6 Å². The fourth-order valence-electron chi connectivity index (χ4n) is 4.44. The highest BCUT2D eigenvalue weighted by molar-refractivity contribution is 7.16. The molecule has 0 radical (unpaired) electrons. The van der Waals surface area contributed by atoms with Crippen molar-refractivity contribution in [1.29, 1.82) is 0 Å². The number of aryl methyl sites for hydroxylation is 2. The van der Waals surface area contributed by atoms with E-state index in [1.807, 2.05) is 35.9 Å². The van der Waals surface area contributed by atoms with E-state index in [-0.39, 0.29) is 37.2 Å². The highest BCUT2D eigenvalue weighted by Crippen LogP contribution is 2.34. The molecule has 1 unspecified atom stereocenters. The predicted octanol–water partition coefficient (Wildman–Crippen LogP) is 3.68.